The van der Waals surface area contributed by atoms with Gasteiger partial charge >= 0.3 is 0 Å². The molecule has 0 aliphatic rings. The molecule has 1 nitrogen and oxygen atoms in total. The molecule has 4 aromatic carbocycles. The molecule has 0 amide bonds. The Morgan fingerprint density at radius 3 is 2.12 bits per heavy atom. The molecule has 0 aliphatic heterocycles. The molecule has 2 heteroatoms. The van der Waals surface area contributed by atoms with Crippen LogP contribution in [0.5, 0.6) is 0 Å². The lowest BCUT2D eigenvalue weighted by Crippen LogP contribution is -1.92. The summed E-state index contributed by atoms with van der Waals surface area (Å²) in [5.41, 5.74) is 5.95. The minimum atomic E-state index is 0.757. The zero-order chi connectivity index (χ0) is 17.5. The monoisotopic (exact) mass is 353 g/mol. The van der Waals surface area contributed by atoms with Crippen LogP contribution in [0.4, 0.5) is 0 Å². The van der Waals surface area contributed by atoms with Gasteiger partial charge in [-0.1, -0.05) is 72.3 Å². The molecule has 1 aromatic heterocycles. The number of aromatic nitrogens is 1. The third-order valence-electron chi connectivity index (χ3n) is 4.85. The van der Waals surface area contributed by atoms with Crippen LogP contribution in [0.15, 0.2) is 97.1 Å². The third kappa shape index (κ3) is 2.33. The molecule has 0 radical (unpaired) electrons. The Morgan fingerprint density at radius 2 is 1.35 bits per heavy atom. The van der Waals surface area contributed by atoms with Gasteiger partial charge in [-0.3, -0.25) is 0 Å². The molecule has 124 valence electrons. The lowest BCUT2D eigenvalue weighted by atomic mass is 9.99. The summed E-state index contributed by atoms with van der Waals surface area (Å²) in [4.78, 5) is 0. The zero-order valence-corrected chi connectivity index (χ0v) is 14.8. The summed E-state index contributed by atoms with van der Waals surface area (Å²) in [7, 11) is 0. The smallest absolute Gasteiger partial charge is 0.0547 e. The molecule has 5 rings (SSSR count). The van der Waals surface area contributed by atoms with E-state index in [1.807, 2.05) is 18.2 Å². The number of rotatable bonds is 2. The van der Waals surface area contributed by atoms with Gasteiger partial charge < -0.3 is 4.57 Å². The Kier molecular flexibility index (Phi) is 3.55. The molecule has 0 aliphatic carbocycles. The number of halogens is 1. The summed E-state index contributed by atoms with van der Waals surface area (Å²) in [5.74, 6) is 0. The summed E-state index contributed by atoms with van der Waals surface area (Å²) >= 11 is 6.36. The Morgan fingerprint density at radius 1 is 0.615 bits per heavy atom. The fourth-order valence-electron chi connectivity index (χ4n) is 3.76. The number of hydrogen-bond donors (Lipinski definition) is 0. The standard InChI is InChI=1S/C24H16ClN/c25-18-14-15-22-21(16-18)24-20(17-8-3-1-4-9-17)12-7-13-23(24)26(22)19-10-5-2-6-11-19/h1-16H. The number of fused-ring (bicyclic) bond motifs is 3. The van der Waals surface area contributed by atoms with Gasteiger partial charge in [0, 0.05) is 21.5 Å². The van der Waals surface area contributed by atoms with Crippen LogP contribution in [0.2, 0.25) is 5.02 Å². The molecule has 26 heavy (non-hydrogen) atoms. The average molecular weight is 354 g/mol. The van der Waals surface area contributed by atoms with Gasteiger partial charge in [0.05, 0.1) is 11.0 Å². The van der Waals surface area contributed by atoms with E-state index >= 15 is 0 Å². The van der Waals surface area contributed by atoms with E-state index in [9.17, 15) is 0 Å². The summed E-state index contributed by atoms with van der Waals surface area (Å²) in [6.45, 7) is 0. The van der Waals surface area contributed by atoms with Crippen molar-refractivity contribution in [3.8, 4) is 16.8 Å². The number of hydrogen-bond acceptors (Lipinski definition) is 0. The van der Waals surface area contributed by atoms with Crippen molar-refractivity contribution in [2.24, 2.45) is 0 Å². The van der Waals surface area contributed by atoms with Gasteiger partial charge in [-0.25, -0.2) is 0 Å². The maximum Gasteiger partial charge on any atom is 0.0547 e. The van der Waals surface area contributed by atoms with Gasteiger partial charge in [0.25, 0.3) is 0 Å². The van der Waals surface area contributed by atoms with Gasteiger partial charge in [-0.05, 0) is 47.5 Å². The largest absolute Gasteiger partial charge is 0.309 e. The molecule has 0 saturated heterocycles. The highest BCUT2D eigenvalue weighted by molar-refractivity contribution is 6.32. The summed E-state index contributed by atoms with van der Waals surface area (Å²) in [5, 5.41) is 3.17. The van der Waals surface area contributed by atoms with E-state index in [2.05, 4.69) is 83.4 Å². The Bertz CT molecular complexity index is 1220. The molecular weight excluding hydrogens is 338 g/mol. The topological polar surface area (TPSA) is 4.93 Å². The second-order valence-corrected chi connectivity index (χ2v) is 6.83. The van der Waals surface area contributed by atoms with Crippen molar-refractivity contribution in [2.75, 3.05) is 0 Å². The second kappa shape index (κ2) is 6.05. The Labute approximate surface area is 157 Å². The van der Waals surface area contributed by atoms with Crippen LogP contribution in [0, 0.1) is 0 Å². The highest BCUT2D eigenvalue weighted by Crippen LogP contribution is 2.39. The van der Waals surface area contributed by atoms with E-state index in [4.69, 9.17) is 11.6 Å². The Hall–Kier alpha value is -3.03. The van der Waals surface area contributed by atoms with Gasteiger partial charge in [0.2, 0.25) is 0 Å². The summed E-state index contributed by atoms with van der Waals surface area (Å²) < 4.78 is 2.31. The minimum absolute atomic E-state index is 0.757. The van der Waals surface area contributed by atoms with Crippen LogP contribution in [0.25, 0.3) is 38.6 Å². The number of benzene rings is 4. The molecule has 0 fully saturated rings. The Balaban J connectivity index is 1.97. The third-order valence-corrected chi connectivity index (χ3v) is 5.09. The van der Waals surface area contributed by atoms with Crippen LogP contribution in [-0.2, 0) is 0 Å². The first kappa shape index (κ1) is 15.2. The average Bonchev–Trinajstić information content (AvgIpc) is 3.03. The van der Waals surface area contributed by atoms with Gasteiger partial charge in [-0.15, -0.1) is 0 Å². The molecule has 1 heterocycles. The quantitative estimate of drug-likeness (QED) is 0.319. The molecule has 0 atom stereocenters. The van der Waals surface area contributed by atoms with Crippen molar-refractivity contribution >= 4 is 33.4 Å². The molecule has 0 unspecified atom stereocenters. The molecular formula is C24H16ClN. The maximum absolute atomic E-state index is 6.36. The van der Waals surface area contributed by atoms with Crippen LogP contribution < -0.4 is 0 Å². The van der Waals surface area contributed by atoms with Crippen LogP contribution in [-0.4, -0.2) is 4.57 Å². The zero-order valence-electron chi connectivity index (χ0n) is 14.1. The van der Waals surface area contributed by atoms with Crippen molar-refractivity contribution in [1.82, 2.24) is 4.57 Å². The predicted molar refractivity (Wildman–Crippen MR) is 111 cm³/mol. The lowest BCUT2D eigenvalue weighted by molar-refractivity contribution is 1.18. The van der Waals surface area contributed by atoms with E-state index in [0.717, 1.165) is 10.7 Å². The molecule has 0 spiro atoms. The van der Waals surface area contributed by atoms with Gasteiger partial charge in [0.1, 0.15) is 0 Å². The van der Waals surface area contributed by atoms with Gasteiger partial charge in [0.15, 0.2) is 0 Å². The fraction of sp³-hybridized carbons (Fsp3) is 0. The minimum Gasteiger partial charge on any atom is -0.309 e. The van der Waals surface area contributed by atoms with Crippen LogP contribution in [0.1, 0.15) is 0 Å². The van der Waals surface area contributed by atoms with Crippen molar-refractivity contribution in [3.05, 3.63) is 102 Å². The highest BCUT2D eigenvalue weighted by Gasteiger charge is 2.16. The first-order valence-electron chi connectivity index (χ1n) is 8.66. The second-order valence-electron chi connectivity index (χ2n) is 6.40. The molecule has 0 saturated carbocycles. The summed E-state index contributed by atoms with van der Waals surface area (Å²) in [6, 6.07) is 33.7. The van der Waals surface area contributed by atoms with Crippen molar-refractivity contribution in [2.45, 2.75) is 0 Å². The molecule has 0 bridgehead atoms. The fourth-order valence-corrected chi connectivity index (χ4v) is 3.93. The van der Waals surface area contributed by atoms with Gasteiger partial charge in [-0.2, -0.15) is 0 Å². The maximum atomic E-state index is 6.36. The van der Waals surface area contributed by atoms with Crippen LogP contribution >= 0.6 is 11.6 Å². The normalized spacial score (nSPS) is 11.3. The predicted octanol–water partition coefficient (Wildman–Crippen LogP) is 7.10. The first-order valence-corrected chi connectivity index (χ1v) is 9.04. The van der Waals surface area contributed by atoms with E-state index in [1.165, 1.54) is 32.9 Å². The SMILES string of the molecule is Clc1ccc2c(c1)c1c(-c3ccccc3)cccc1n2-c1ccccc1. The van der Waals surface area contributed by atoms with E-state index in [1.54, 1.807) is 0 Å². The highest BCUT2D eigenvalue weighted by atomic mass is 35.5. The molecule has 0 N–H and O–H groups in total. The molecule has 5 aromatic rings. The van der Waals surface area contributed by atoms with Crippen molar-refractivity contribution < 1.29 is 0 Å². The van der Waals surface area contributed by atoms with E-state index in [-0.39, 0.29) is 0 Å². The summed E-state index contributed by atoms with van der Waals surface area (Å²) in [6.07, 6.45) is 0. The van der Waals surface area contributed by atoms with Crippen LogP contribution in [0.3, 0.4) is 0 Å². The van der Waals surface area contributed by atoms with E-state index in [0.29, 0.717) is 0 Å². The first-order chi connectivity index (χ1) is 12.8. The number of nitrogens with zero attached hydrogens (tertiary/aromatic N) is 1. The number of para-hydroxylation sites is 1. The van der Waals surface area contributed by atoms with Crippen molar-refractivity contribution in [1.29, 1.82) is 0 Å². The van der Waals surface area contributed by atoms with Crippen molar-refractivity contribution in [3.63, 3.8) is 0 Å². The lowest BCUT2D eigenvalue weighted by Gasteiger charge is -2.08. The van der Waals surface area contributed by atoms with E-state index < -0.39 is 0 Å².